The second-order valence-electron chi connectivity index (χ2n) is 6.38. The Morgan fingerprint density at radius 1 is 1.07 bits per heavy atom. The van der Waals surface area contributed by atoms with Gasteiger partial charge >= 0.3 is 11.7 Å². The molecule has 0 atom stereocenters. The summed E-state index contributed by atoms with van der Waals surface area (Å²) in [4.78, 5) is 12.1. The Morgan fingerprint density at radius 2 is 1.82 bits per heavy atom. The quantitative estimate of drug-likeness (QED) is 0.503. The van der Waals surface area contributed by atoms with Gasteiger partial charge in [-0.15, -0.1) is 0 Å². The Labute approximate surface area is 158 Å². The summed E-state index contributed by atoms with van der Waals surface area (Å²) in [5, 5.41) is -0.447. The average Bonchev–Trinajstić information content (AvgIpc) is 2.63. The van der Waals surface area contributed by atoms with Crippen molar-refractivity contribution in [3.63, 3.8) is 0 Å². The average molecular weight is 394 g/mol. The van der Waals surface area contributed by atoms with Gasteiger partial charge < -0.3 is 9.15 Å². The molecule has 0 aliphatic rings. The number of benzene rings is 2. The predicted octanol–water partition coefficient (Wildman–Crippen LogP) is 5.71. The second kappa shape index (κ2) is 7.66. The maximum atomic E-state index is 14.8. The molecule has 0 N–H and O–H groups in total. The van der Waals surface area contributed by atoms with Gasteiger partial charge in [0.25, 0.3) is 0 Å². The van der Waals surface area contributed by atoms with Crippen molar-refractivity contribution in [3.05, 3.63) is 75.3 Å². The summed E-state index contributed by atoms with van der Waals surface area (Å²) in [6.07, 6.45) is -2.52. The normalized spacial score (nSPS) is 11.8. The van der Waals surface area contributed by atoms with Crippen molar-refractivity contribution in [2.75, 3.05) is 0 Å². The molecule has 1 heterocycles. The number of alkyl halides is 2. The van der Waals surface area contributed by atoms with Gasteiger partial charge in [0.15, 0.2) is 17.4 Å². The second-order valence-corrected chi connectivity index (χ2v) is 6.38. The molecule has 148 valence electrons. The number of halogens is 4. The molecule has 0 saturated heterocycles. The maximum Gasteiger partial charge on any atom is 0.429 e. The minimum Gasteiger partial charge on any atom is -0.427 e. The fraction of sp³-hybridized carbons (Fsp3) is 0.286. The lowest BCUT2D eigenvalue weighted by molar-refractivity contribution is -0.188. The highest BCUT2D eigenvalue weighted by molar-refractivity contribution is 5.83. The largest absolute Gasteiger partial charge is 0.429 e. The number of hydrogen-bond donors (Lipinski definition) is 0. The first kappa shape index (κ1) is 19.9. The first-order valence-electron chi connectivity index (χ1n) is 8.87. The lowest BCUT2D eigenvalue weighted by Gasteiger charge is -2.20. The van der Waals surface area contributed by atoms with Crippen molar-refractivity contribution < 1.29 is 26.7 Å². The molecule has 3 nitrogen and oxygen atoms in total. The number of hydrogen-bond acceptors (Lipinski definition) is 3. The van der Waals surface area contributed by atoms with Crippen LogP contribution < -0.4 is 10.4 Å². The molecule has 0 amide bonds. The van der Waals surface area contributed by atoms with E-state index in [4.69, 9.17) is 4.42 Å². The van der Waals surface area contributed by atoms with Crippen LogP contribution in [0.3, 0.4) is 0 Å². The molecule has 3 aromatic rings. The van der Waals surface area contributed by atoms with Gasteiger partial charge in [-0.3, -0.25) is 0 Å². The molecule has 0 aliphatic heterocycles. The van der Waals surface area contributed by atoms with Crippen LogP contribution in [0.2, 0.25) is 0 Å². The smallest absolute Gasteiger partial charge is 0.427 e. The fourth-order valence-corrected chi connectivity index (χ4v) is 2.93. The molecule has 0 bridgehead atoms. The number of fused-ring (bicyclic) bond motifs is 1. The zero-order valence-corrected chi connectivity index (χ0v) is 15.3. The summed E-state index contributed by atoms with van der Waals surface area (Å²) < 4.78 is 67.3. The summed E-state index contributed by atoms with van der Waals surface area (Å²) in [5.41, 5.74) is -1.62. The molecule has 0 fully saturated rings. The van der Waals surface area contributed by atoms with Crippen LogP contribution in [0.5, 0.6) is 5.75 Å². The van der Waals surface area contributed by atoms with Crippen LogP contribution in [0.4, 0.5) is 17.6 Å². The minimum absolute atomic E-state index is 0.148. The lowest BCUT2D eigenvalue weighted by Crippen LogP contribution is -2.24. The van der Waals surface area contributed by atoms with Crippen molar-refractivity contribution in [3.8, 4) is 5.75 Å². The van der Waals surface area contributed by atoms with E-state index in [0.29, 0.717) is 30.6 Å². The van der Waals surface area contributed by atoms with Gasteiger partial charge in [-0.1, -0.05) is 26.0 Å². The van der Waals surface area contributed by atoms with Gasteiger partial charge in [0.1, 0.15) is 16.7 Å². The summed E-state index contributed by atoms with van der Waals surface area (Å²) in [5.74, 6) is -2.81. The molecule has 2 aromatic carbocycles. The van der Waals surface area contributed by atoms with E-state index < -0.39 is 40.1 Å². The molecule has 0 radical (unpaired) electrons. The van der Waals surface area contributed by atoms with Crippen molar-refractivity contribution >= 4 is 10.8 Å². The van der Waals surface area contributed by atoms with Crippen LogP contribution in [-0.2, 0) is 19.0 Å². The maximum absolute atomic E-state index is 14.8. The highest BCUT2D eigenvalue weighted by Gasteiger charge is 2.39. The predicted molar refractivity (Wildman–Crippen MR) is 96.7 cm³/mol. The van der Waals surface area contributed by atoms with Gasteiger partial charge in [-0.05, 0) is 48.1 Å². The number of ether oxygens (including phenoxy) is 1. The Kier molecular flexibility index (Phi) is 5.45. The monoisotopic (exact) mass is 394 g/mol. The summed E-state index contributed by atoms with van der Waals surface area (Å²) in [7, 11) is 0. The van der Waals surface area contributed by atoms with E-state index in [1.165, 1.54) is 18.2 Å². The highest BCUT2D eigenvalue weighted by Crippen LogP contribution is 2.36. The van der Waals surface area contributed by atoms with E-state index in [9.17, 15) is 22.4 Å². The van der Waals surface area contributed by atoms with Crippen molar-refractivity contribution in [2.24, 2.45) is 0 Å². The molecule has 1 aromatic heterocycles. The molecule has 3 rings (SSSR count). The van der Waals surface area contributed by atoms with Crippen LogP contribution in [-0.4, -0.2) is 0 Å². The zero-order valence-electron chi connectivity index (χ0n) is 15.3. The lowest BCUT2D eigenvalue weighted by atomic mass is 10.1. The minimum atomic E-state index is -4.19. The van der Waals surface area contributed by atoms with Gasteiger partial charge in [-0.2, -0.15) is 8.78 Å². The first-order chi connectivity index (χ1) is 13.3. The Balaban J connectivity index is 2.04. The molecule has 0 unspecified atom stereocenters. The molecule has 0 spiro atoms. The van der Waals surface area contributed by atoms with Gasteiger partial charge in [0.05, 0.1) is 0 Å². The number of rotatable bonds is 6. The zero-order chi connectivity index (χ0) is 20.5. The molecular weight excluding hydrogens is 376 g/mol. The Hall–Kier alpha value is -2.83. The highest BCUT2D eigenvalue weighted by atomic mass is 19.3. The van der Waals surface area contributed by atoms with Crippen LogP contribution in [0.15, 0.2) is 45.6 Å². The molecule has 0 aliphatic carbocycles. The fourth-order valence-electron chi connectivity index (χ4n) is 2.93. The van der Waals surface area contributed by atoms with E-state index in [2.05, 4.69) is 4.74 Å². The van der Waals surface area contributed by atoms with E-state index >= 15 is 0 Å². The summed E-state index contributed by atoms with van der Waals surface area (Å²) in [6.45, 7) is 3.66. The summed E-state index contributed by atoms with van der Waals surface area (Å²) in [6, 6.07) is 7.03. The van der Waals surface area contributed by atoms with Crippen LogP contribution in [0.25, 0.3) is 10.8 Å². The van der Waals surface area contributed by atoms with Crippen LogP contribution >= 0.6 is 0 Å². The molecular formula is C21H18F4O3. The van der Waals surface area contributed by atoms with Crippen LogP contribution in [0.1, 0.15) is 37.2 Å². The van der Waals surface area contributed by atoms with Crippen molar-refractivity contribution in [1.29, 1.82) is 0 Å². The Morgan fingerprint density at radius 3 is 2.46 bits per heavy atom. The van der Waals surface area contributed by atoms with Gasteiger partial charge in [-0.25, -0.2) is 13.6 Å². The Bertz CT molecular complexity index is 1070. The molecule has 7 heteroatoms. The van der Waals surface area contributed by atoms with E-state index in [0.717, 1.165) is 18.2 Å². The van der Waals surface area contributed by atoms with Gasteiger partial charge in [0.2, 0.25) is 0 Å². The summed E-state index contributed by atoms with van der Waals surface area (Å²) >= 11 is 0. The van der Waals surface area contributed by atoms with Crippen molar-refractivity contribution in [1.82, 2.24) is 0 Å². The van der Waals surface area contributed by atoms with Crippen LogP contribution in [0, 0.1) is 11.6 Å². The van der Waals surface area contributed by atoms with E-state index in [-0.39, 0.29) is 5.39 Å². The van der Waals surface area contributed by atoms with Gasteiger partial charge in [0, 0.05) is 6.42 Å². The van der Waals surface area contributed by atoms with E-state index in [1.54, 1.807) is 6.92 Å². The molecule has 0 saturated carbocycles. The van der Waals surface area contributed by atoms with E-state index in [1.807, 2.05) is 6.92 Å². The first-order valence-corrected chi connectivity index (χ1v) is 8.87. The van der Waals surface area contributed by atoms with Crippen molar-refractivity contribution in [2.45, 2.75) is 39.2 Å². The SMILES string of the molecule is CCCc1cc2ccc(C(F)(F)Oc3ccc(CC)cc3F)c(F)c2c(=O)o1. The number of aryl methyl sites for hydroxylation is 2. The third-order valence-corrected chi connectivity index (χ3v) is 4.37. The third-order valence-electron chi connectivity index (χ3n) is 4.37. The topological polar surface area (TPSA) is 39.4 Å². The molecule has 28 heavy (non-hydrogen) atoms. The standard InChI is InChI=1S/C21H18F4O3/c1-3-5-14-11-13-7-8-15(19(23)18(13)20(26)27-14)21(24,25)28-17-9-6-12(4-2)10-16(17)22/h6-11H,3-5H2,1-2H3. The third kappa shape index (κ3) is 3.74.